The molecule has 0 aliphatic carbocycles. The quantitative estimate of drug-likeness (QED) is 0.710. The number of anilines is 2. The van der Waals surface area contributed by atoms with Crippen molar-refractivity contribution in [3.63, 3.8) is 0 Å². The molecule has 2 heterocycles. The van der Waals surface area contributed by atoms with Gasteiger partial charge in [0.1, 0.15) is 11.5 Å². The summed E-state index contributed by atoms with van der Waals surface area (Å²) in [6, 6.07) is 10.0. The number of carbonyl (C=O) groups excluding carboxylic acids is 1. The molecule has 0 bridgehead atoms. The number of pyridine rings is 1. The predicted octanol–water partition coefficient (Wildman–Crippen LogP) is 2.73. The van der Waals surface area contributed by atoms with E-state index in [0.717, 1.165) is 0 Å². The highest BCUT2D eigenvalue weighted by Crippen LogP contribution is 2.20. The monoisotopic (exact) mass is 340 g/mol. The summed E-state index contributed by atoms with van der Waals surface area (Å²) in [6.45, 7) is 1.71. The molecule has 0 saturated carbocycles. The van der Waals surface area contributed by atoms with E-state index in [9.17, 15) is 4.79 Å². The van der Waals surface area contributed by atoms with E-state index < -0.39 is 5.91 Å². The Bertz CT molecular complexity index is 900. The molecule has 3 rings (SSSR count). The standard InChI is InChI=1S/C16H13ClN6O/c1-9-20-14(13-4-2-3-7-19-13)22-16(21-9)23-15(24)11-6-5-10(18)8-12(11)17/h2-8H,18H2,1H3,(H,20,21,22,23,24). The SMILES string of the molecule is Cc1nc(NC(=O)c2ccc(N)cc2Cl)nc(-c2ccccn2)n1. The van der Waals surface area contributed by atoms with Gasteiger partial charge in [-0.05, 0) is 37.3 Å². The highest BCUT2D eigenvalue weighted by molar-refractivity contribution is 6.34. The van der Waals surface area contributed by atoms with Crippen LogP contribution in [0.2, 0.25) is 5.02 Å². The number of nitrogens with one attached hydrogen (secondary N) is 1. The van der Waals surface area contributed by atoms with Crippen LogP contribution in [-0.2, 0) is 0 Å². The second-order valence-electron chi connectivity index (χ2n) is 4.94. The third-order valence-corrected chi connectivity index (χ3v) is 3.42. The van der Waals surface area contributed by atoms with Gasteiger partial charge in [-0.1, -0.05) is 17.7 Å². The van der Waals surface area contributed by atoms with Crippen LogP contribution < -0.4 is 11.1 Å². The topological polar surface area (TPSA) is 107 Å². The molecule has 8 heteroatoms. The van der Waals surface area contributed by atoms with Gasteiger partial charge in [0.2, 0.25) is 5.95 Å². The molecule has 0 aliphatic rings. The zero-order chi connectivity index (χ0) is 17.1. The van der Waals surface area contributed by atoms with Gasteiger partial charge in [0.25, 0.3) is 5.91 Å². The van der Waals surface area contributed by atoms with Crippen molar-refractivity contribution < 1.29 is 4.79 Å². The van der Waals surface area contributed by atoms with Crippen molar-refractivity contribution in [2.45, 2.75) is 6.92 Å². The summed E-state index contributed by atoms with van der Waals surface area (Å²) >= 11 is 6.05. The minimum absolute atomic E-state index is 0.126. The molecule has 3 aromatic rings. The lowest BCUT2D eigenvalue weighted by Crippen LogP contribution is -2.16. The molecule has 0 radical (unpaired) electrons. The Kier molecular flexibility index (Phi) is 4.35. The second kappa shape index (κ2) is 6.59. The van der Waals surface area contributed by atoms with Crippen LogP contribution >= 0.6 is 11.6 Å². The fourth-order valence-corrected chi connectivity index (χ4v) is 2.31. The summed E-state index contributed by atoms with van der Waals surface area (Å²) in [5.74, 6) is 0.532. The first-order valence-corrected chi connectivity index (χ1v) is 7.41. The molecule has 2 aromatic heterocycles. The average molecular weight is 341 g/mol. The van der Waals surface area contributed by atoms with Gasteiger partial charge in [0.05, 0.1) is 10.6 Å². The lowest BCUT2D eigenvalue weighted by atomic mass is 10.2. The summed E-state index contributed by atoms with van der Waals surface area (Å²) in [4.78, 5) is 29.1. The molecule has 7 nitrogen and oxygen atoms in total. The lowest BCUT2D eigenvalue weighted by molar-refractivity contribution is 0.102. The molecular weight excluding hydrogens is 328 g/mol. The maximum atomic E-state index is 12.4. The van der Waals surface area contributed by atoms with Gasteiger partial charge < -0.3 is 5.73 Å². The molecular formula is C16H13ClN6O. The molecule has 1 amide bonds. The minimum atomic E-state index is -0.433. The van der Waals surface area contributed by atoms with Crippen LogP contribution in [0.15, 0.2) is 42.6 Å². The molecule has 0 aliphatic heterocycles. The number of nitrogen functional groups attached to an aromatic ring is 1. The smallest absolute Gasteiger partial charge is 0.259 e. The molecule has 0 spiro atoms. The van der Waals surface area contributed by atoms with Gasteiger partial charge in [-0.15, -0.1) is 0 Å². The Balaban J connectivity index is 1.90. The fraction of sp³-hybridized carbons (Fsp3) is 0.0625. The number of nitrogens with zero attached hydrogens (tertiary/aromatic N) is 4. The van der Waals surface area contributed by atoms with Crippen LogP contribution in [-0.4, -0.2) is 25.8 Å². The third kappa shape index (κ3) is 3.47. The third-order valence-electron chi connectivity index (χ3n) is 3.10. The van der Waals surface area contributed by atoms with Crippen LogP contribution in [0.1, 0.15) is 16.2 Å². The molecule has 0 atom stereocenters. The number of rotatable bonds is 3. The first-order chi connectivity index (χ1) is 11.5. The summed E-state index contributed by atoms with van der Waals surface area (Å²) in [5, 5.41) is 2.87. The van der Waals surface area contributed by atoms with E-state index in [1.54, 1.807) is 37.4 Å². The number of nitrogens with two attached hydrogens (primary N) is 1. The van der Waals surface area contributed by atoms with Crippen molar-refractivity contribution in [2.24, 2.45) is 0 Å². The number of hydrogen-bond acceptors (Lipinski definition) is 6. The molecule has 120 valence electrons. The second-order valence-corrected chi connectivity index (χ2v) is 5.35. The highest BCUT2D eigenvalue weighted by Gasteiger charge is 2.14. The zero-order valence-corrected chi connectivity index (χ0v) is 13.4. The van der Waals surface area contributed by atoms with Crippen molar-refractivity contribution in [1.82, 2.24) is 19.9 Å². The van der Waals surface area contributed by atoms with Crippen molar-refractivity contribution >= 4 is 29.1 Å². The number of hydrogen-bond donors (Lipinski definition) is 2. The van der Waals surface area contributed by atoms with E-state index in [1.165, 1.54) is 6.07 Å². The average Bonchev–Trinajstić information content (AvgIpc) is 2.55. The van der Waals surface area contributed by atoms with Crippen molar-refractivity contribution in [3.8, 4) is 11.5 Å². The number of halogens is 1. The number of amides is 1. The van der Waals surface area contributed by atoms with Crippen LogP contribution in [0, 0.1) is 6.92 Å². The number of benzene rings is 1. The highest BCUT2D eigenvalue weighted by atomic mass is 35.5. The molecule has 0 fully saturated rings. The van der Waals surface area contributed by atoms with Gasteiger partial charge in [-0.25, -0.2) is 4.98 Å². The van der Waals surface area contributed by atoms with Crippen LogP contribution in [0.4, 0.5) is 11.6 Å². The van der Waals surface area contributed by atoms with Crippen LogP contribution in [0.25, 0.3) is 11.5 Å². The Morgan fingerprint density at radius 2 is 2.00 bits per heavy atom. The zero-order valence-electron chi connectivity index (χ0n) is 12.7. The fourth-order valence-electron chi connectivity index (χ4n) is 2.03. The Hall–Kier alpha value is -3.06. The Morgan fingerprint density at radius 3 is 2.71 bits per heavy atom. The number of carbonyl (C=O) groups is 1. The van der Waals surface area contributed by atoms with E-state index in [2.05, 4.69) is 25.3 Å². The van der Waals surface area contributed by atoms with Gasteiger partial charge in [0, 0.05) is 11.9 Å². The largest absolute Gasteiger partial charge is 0.399 e. The molecule has 3 N–H and O–H groups in total. The van der Waals surface area contributed by atoms with Crippen LogP contribution in [0.3, 0.4) is 0 Å². The first-order valence-electron chi connectivity index (χ1n) is 7.03. The Labute approximate surface area is 143 Å². The molecule has 0 saturated heterocycles. The minimum Gasteiger partial charge on any atom is -0.399 e. The van der Waals surface area contributed by atoms with Gasteiger partial charge in [-0.2, -0.15) is 9.97 Å². The molecule has 1 aromatic carbocycles. The number of aryl methyl sites for hydroxylation is 1. The van der Waals surface area contributed by atoms with Crippen molar-refractivity contribution in [3.05, 3.63) is 59.0 Å². The van der Waals surface area contributed by atoms with Gasteiger partial charge in [-0.3, -0.25) is 15.1 Å². The van der Waals surface area contributed by atoms with E-state index >= 15 is 0 Å². The number of aromatic nitrogens is 4. The molecule has 24 heavy (non-hydrogen) atoms. The van der Waals surface area contributed by atoms with E-state index in [1.807, 2.05) is 6.07 Å². The van der Waals surface area contributed by atoms with E-state index in [4.69, 9.17) is 17.3 Å². The predicted molar refractivity (Wildman–Crippen MR) is 91.6 cm³/mol. The maximum absolute atomic E-state index is 12.4. The van der Waals surface area contributed by atoms with Gasteiger partial charge >= 0.3 is 0 Å². The first kappa shape index (κ1) is 15.8. The normalized spacial score (nSPS) is 10.4. The summed E-state index contributed by atoms with van der Waals surface area (Å²) in [7, 11) is 0. The summed E-state index contributed by atoms with van der Waals surface area (Å²) in [6.07, 6.45) is 1.64. The Morgan fingerprint density at radius 1 is 1.17 bits per heavy atom. The maximum Gasteiger partial charge on any atom is 0.259 e. The molecule has 0 unspecified atom stereocenters. The summed E-state index contributed by atoms with van der Waals surface area (Å²) in [5.41, 5.74) is 6.97. The van der Waals surface area contributed by atoms with E-state index in [0.29, 0.717) is 23.0 Å². The van der Waals surface area contributed by atoms with Crippen molar-refractivity contribution in [2.75, 3.05) is 11.1 Å². The van der Waals surface area contributed by atoms with Crippen molar-refractivity contribution in [1.29, 1.82) is 0 Å². The van der Waals surface area contributed by atoms with Crippen LogP contribution in [0.5, 0.6) is 0 Å². The summed E-state index contributed by atoms with van der Waals surface area (Å²) < 4.78 is 0. The lowest BCUT2D eigenvalue weighted by Gasteiger charge is -2.08. The van der Waals surface area contributed by atoms with E-state index in [-0.39, 0.29) is 16.5 Å². The van der Waals surface area contributed by atoms with Gasteiger partial charge in [0.15, 0.2) is 5.82 Å².